The van der Waals surface area contributed by atoms with E-state index in [1.54, 1.807) is 36.3 Å². The zero-order valence-electron chi connectivity index (χ0n) is 9.85. The van der Waals surface area contributed by atoms with E-state index in [1.807, 2.05) is 0 Å². The van der Waals surface area contributed by atoms with Crippen LogP contribution < -0.4 is 10.6 Å². The fourth-order valence-electron chi connectivity index (χ4n) is 1.47. The first kappa shape index (κ1) is 12.1. The summed E-state index contributed by atoms with van der Waals surface area (Å²) in [5, 5.41) is 9.47. The Bertz CT molecular complexity index is 553. The summed E-state index contributed by atoms with van der Waals surface area (Å²) in [6, 6.07) is 5.76. The highest BCUT2D eigenvalue weighted by Crippen LogP contribution is 2.09. The molecule has 0 aliphatic heterocycles. The van der Waals surface area contributed by atoms with Crippen molar-refractivity contribution in [1.29, 1.82) is 0 Å². The Morgan fingerprint density at radius 3 is 2.94 bits per heavy atom. The van der Waals surface area contributed by atoms with Crippen LogP contribution in [0.5, 0.6) is 0 Å². The third-order valence-corrected chi connectivity index (χ3v) is 2.27. The van der Waals surface area contributed by atoms with Crippen LogP contribution in [-0.2, 0) is 11.8 Å². The van der Waals surface area contributed by atoms with Gasteiger partial charge in [0, 0.05) is 18.9 Å². The van der Waals surface area contributed by atoms with Gasteiger partial charge in [0.15, 0.2) is 0 Å². The number of nitrogens with one attached hydrogen (secondary N) is 2. The van der Waals surface area contributed by atoms with E-state index in [0.29, 0.717) is 5.69 Å². The predicted octanol–water partition coefficient (Wildman–Crippen LogP) is 1.61. The maximum absolute atomic E-state index is 12.9. The molecule has 94 valence electrons. The molecule has 0 fully saturated rings. The van der Waals surface area contributed by atoms with E-state index in [2.05, 4.69) is 15.7 Å². The van der Waals surface area contributed by atoms with Crippen molar-refractivity contribution in [2.24, 2.45) is 7.05 Å². The Morgan fingerprint density at radius 1 is 1.44 bits per heavy atom. The Hall–Kier alpha value is -2.37. The number of rotatable bonds is 4. The second-order valence-corrected chi connectivity index (χ2v) is 3.81. The van der Waals surface area contributed by atoms with Crippen molar-refractivity contribution in [3.05, 3.63) is 42.5 Å². The summed E-state index contributed by atoms with van der Waals surface area (Å²) in [6.07, 6.45) is 3.38. The van der Waals surface area contributed by atoms with E-state index in [0.717, 1.165) is 5.69 Å². The van der Waals surface area contributed by atoms with E-state index < -0.39 is 0 Å². The summed E-state index contributed by atoms with van der Waals surface area (Å²) < 4.78 is 14.5. The fourth-order valence-corrected chi connectivity index (χ4v) is 1.47. The van der Waals surface area contributed by atoms with Gasteiger partial charge in [0.1, 0.15) is 5.82 Å². The third kappa shape index (κ3) is 3.31. The number of carbonyl (C=O) groups is 1. The van der Waals surface area contributed by atoms with Crippen LogP contribution in [0.25, 0.3) is 0 Å². The fraction of sp³-hybridized carbons (Fsp3) is 0.167. The van der Waals surface area contributed by atoms with Gasteiger partial charge in [0.2, 0.25) is 5.91 Å². The monoisotopic (exact) mass is 248 g/mol. The van der Waals surface area contributed by atoms with Gasteiger partial charge in [0.05, 0.1) is 18.4 Å². The van der Waals surface area contributed by atoms with Crippen LogP contribution in [0.3, 0.4) is 0 Å². The van der Waals surface area contributed by atoms with Crippen molar-refractivity contribution in [3.8, 4) is 0 Å². The summed E-state index contributed by atoms with van der Waals surface area (Å²) in [5.74, 6) is -0.627. The number of amides is 1. The van der Waals surface area contributed by atoms with Gasteiger partial charge in [0.25, 0.3) is 0 Å². The lowest BCUT2D eigenvalue weighted by Gasteiger charge is -2.06. The highest BCUT2D eigenvalue weighted by Gasteiger charge is 2.03. The minimum atomic E-state index is -0.381. The molecular formula is C12H13FN4O. The van der Waals surface area contributed by atoms with E-state index in [9.17, 15) is 9.18 Å². The average Bonchev–Trinajstić information content (AvgIpc) is 2.73. The summed E-state index contributed by atoms with van der Waals surface area (Å²) in [5.41, 5.74) is 1.19. The highest BCUT2D eigenvalue weighted by molar-refractivity contribution is 5.93. The van der Waals surface area contributed by atoms with Crippen LogP contribution in [0, 0.1) is 5.82 Å². The number of nitrogens with zero attached hydrogens (tertiary/aromatic N) is 2. The Labute approximate surface area is 104 Å². The molecule has 5 nitrogen and oxygen atoms in total. The quantitative estimate of drug-likeness (QED) is 0.864. The van der Waals surface area contributed by atoms with Gasteiger partial charge >= 0.3 is 0 Å². The van der Waals surface area contributed by atoms with Crippen LogP contribution in [0.15, 0.2) is 36.7 Å². The molecular weight excluding hydrogens is 235 g/mol. The topological polar surface area (TPSA) is 59.0 Å². The molecule has 0 atom stereocenters. The first-order valence-electron chi connectivity index (χ1n) is 5.41. The number of carbonyl (C=O) groups excluding carboxylic acids is 1. The summed E-state index contributed by atoms with van der Waals surface area (Å²) in [6.45, 7) is 0.0994. The molecule has 2 N–H and O–H groups in total. The summed E-state index contributed by atoms with van der Waals surface area (Å²) >= 11 is 0. The van der Waals surface area contributed by atoms with Gasteiger partial charge < -0.3 is 10.6 Å². The van der Waals surface area contributed by atoms with Crippen LogP contribution in [-0.4, -0.2) is 22.2 Å². The van der Waals surface area contributed by atoms with Crippen molar-refractivity contribution in [2.45, 2.75) is 0 Å². The number of halogens is 1. The molecule has 1 heterocycles. The Kier molecular flexibility index (Phi) is 3.57. The smallest absolute Gasteiger partial charge is 0.243 e. The number of aryl methyl sites for hydroxylation is 1. The third-order valence-electron chi connectivity index (χ3n) is 2.27. The van der Waals surface area contributed by atoms with E-state index in [-0.39, 0.29) is 18.3 Å². The second kappa shape index (κ2) is 5.31. The molecule has 1 aromatic heterocycles. The first-order valence-corrected chi connectivity index (χ1v) is 5.41. The van der Waals surface area contributed by atoms with Crippen molar-refractivity contribution in [1.82, 2.24) is 9.78 Å². The van der Waals surface area contributed by atoms with Gasteiger partial charge in [-0.25, -0.2) is 4.39 Å². The molecule has 0 spiro atoms. The molecule has 0 aliphatic rings. The van der Waals surface area contributed by atoms with E-state index >= 15 is 0 Å². The Morgan fingerprint density at radius 2 is 2.28 bits per heavy atom. The molecule has 0 saturated carbocycles. The number of hydrogen-bond acceptors (Lipinski definition) is 3. The molecule has 0 unspecified atom stereocenters. The number of hydrogen-bond donors (Lipinski definition) is 2. The van der Waals surface area contributed by atoms with Gasteiger partial charge in [-0.1, -0.05) is 6.07 Å². The number of aromatic nitrogens is 2. The maximum Gasteiger partial charge on any atom is 0.243 e. The van der Waals surface area contributed by atoms with Crippen LogP contribution in [0.2, 0.25) is 0 Å². The van der Waals surface area contributed by atoms with Crippen molar-refractivity contribution in [3.63, 3.8) is 0 Å². The molecule has 6 heteroatoms. The molecule has 0 bridgehead atoms. The molecule has 0 aliphatic carbocycles. The van der Waals surface area contributed by atoms with Crippen molar-refractivity contribution in [2.75, 3.05) is 17.2 Å². The van der Waals surface area contributed by atoms with Crippen LogP contribution in [0.4, 0.5) is 15.8 Å². The van der Waals surface area contributed by atoms with Gasteiger partial charge in [-0.15, -0.1) is 0 Å². The molecule has 2 rings (SSSR count). The lowest BCUT2D eigenvalue weighted by atomic mass is 10.3. The van der Waals surface area contributed by atoms with Gasteiger partial charge in [-0.3, -0.25) is 9.48 Å². The van der Waals surface area contributed by atoms with Crippen LogP contribution >= 0.6 is 0 Å². The average molecular weight is 248 g/mol. The molecule has 2 aromatic rings. The van der Waals surface area contributed by atoms with Gasteiger partial charge in [-0.05, 0) is 18.2 Å². The highest BCUT2D eigenvalue weighted by atomic mass is 19.1. The molecule has 0 radical (unpaired) electrons. The lowest BCUT2D eigenvalue weighted by molar-refractivity contribution is -0.114. The number of anilines is 2. The van der Waals surface area contributed by atoms with Gasteiger partial charge in [-0.2, -0.15) is 5.10 Å². The van der Waals surface area contributed by atoms with Crippen molar-refractivity contribution < 1.29 is 9.18 Å². The zero-order valence-corrected chi connectivity index (χ0v) is 9.85. The normalized spacial score (nSPS) is 10.1. The second-order valence-electron chi connectivity index (χ2n) is 3.81. The minimum absolute atomic E-state index is 0.0994. The zero-order chi connectivity index (χ0) is 13.0. The van der Waals surface area contributed by atoms with E-state index in [1.165, 1.54) is 12.1 Å². The maximum atomic E-state index is 12.9. The van der Waals surface area contributed by atoms with Crippen LogP contribution in [0.1, 0.15) is 0 Å². The van der Waals surface area contributed by atoms with Crippen molar-refractivity contribution >= 4 is 17.3 Å². The molecule has 0 saturated heterocycles. The SMILES string of the molecule is Cn1cc(NCC(=O)Nc2cccc(F)c2)cn1. The summed E-state index contributed by atoms with van der Waals surface area (Å²) in [7, 11) is 1.79. The predicted molar refractivity (Wildman–Crippen MR) is 66.7 cm³/mol. The number of benzene rings is 1. The van der Waals surface area contributed by atoms with E-state index in [4.69, 9.17) is 0 Å². The first-order chi connectivity index (χ1) is 8.63. The summed E-state index contributed by atoms with van der Waals surface area (Å²) in [4.78, 5) is 11.6. The molecule has 1 amide bonds. The standard InChI is InChI=1S/C12H13FN4O/c1-17-8-11(6-15-17)14-7-12(18)16-10-4-2-3-9(13)5-10/h2-6,8,14H,7H2,1H3,(H,16,18). The molecule has 1 aromatic carbocycles. The molecule has 18 heavy (non-hydrogen) atoms. The Balaban J connectivity index is 1.85. The minimum Gasteiger partial charge on any atom is -0.374 e. The lowest BCUT2D eigenvalue weighted by Crippen LogP contribution is -2.21. The largest absolute Gasteiger partial charge is 0.374 e.